The molecule has 1 unspecified atom stereocenters. The number of para-hydroxylation sites is 1. The molecule has 168 valence electrons. The van der Waals surface area contributed by atoms with E-state index < -0.39 is 15.9 Å². The summed E-state index contributed by atoms with van der Waals surface area (Å²) in [7, 11) is -3.25. The van der Waals surface area contributed by atoms with Crippen LogP contribution in [0.4, 0.5) is 23.3 Å². The fourth-order valence-electron chi connectivity index (χ4n) is 2.70. The van der Waals surface area contributed by atoms with E-state index in [0.29, 0.717) is 29.8 Å². The molecule has 9 nitrogen and oxygen atoms in total. The maximum atomic E-state index is 11.6. The zero-order valence-electron chi connectivity index (χ0n) is 18.1. The molecule has 0 saturated heterocycles. The van der Waals surface area contributed by atoms with E-state index in [0.717, 1.165) is 11.3 Å². The van der Waals surface area contributed by atoms with Gasteiger partial charge in [0, 0.05) is 24.6 Å². The summed E-state index contributed by atoms with van der Waals surface area (Å²) >= 11 is 0. The smallest absolute Gasteiger partial charge is 0.231 e. The van der Waals surface area contributed by atoms with Crippen LogP contribution in [0.3, 0.4) is 0 Å². The summed E-state index contributed by atoms with van der Waals surface area (Å²) in [5.41, 5.74) is 5.17. The Morgan fingerprint density at radius 3 is 2.34 bits per heavy atom. The average molecular weight is 455 g/mol. The van der Waals surface area contributed by atoms with E-state index >= 15 is 0 Å². The summed E-state index contributed by atoms with van der Waals surface area (Å²) in [6.07, 6.45) is 0.631. The minimum absolute atomic E-state index is 0.253. The number of hydrogen-bond acceptors (Lipinski definition) is 9. The molecular formula is C22H26N6O3S. The number of aliphatic hydroxyl groups is 1. The van der Waals surface area contributed by atoms with Crippen LogP contribution in [0.1, 0.15) is 19.4 Å². The lowest BCUT2D eigenvalue weighted by molar-refractivity contribution is 0.208. The molecular weight excluding hydrogens is 428 g/mol. The van der Waals surface area contributed by atoms with E-state index in [1.165, 1.54) is 6.26 Å². The Balaban J connectivity index is 1.81. The highest BCUT2D eigenvalue weighted by Gasteiger charge is 2.09. The minimum atomic E-state index is -3.25. The van der Waals surface area contributed by atoms with Crippen LogP contribution in [-0.4, -0.2) is 48.1 Å². The van der Waals surface area contributed by atoms with Gasteiger partial charge in [0.2, 0.25) is 5.95 Å². The predicted octanol–water partition coefficient (Wildman–Crippen LogP) is 3.25. The van der Waals surface area contributed by atoms with Gasteiger partial charge in [-0.15, -0.1) is 0 Å². The van der Waals surface area contributed by atoms with Crippen molar-refractivity contribution in [3.05, 3.63) is 66.2 Å². The molecule has 0 aliphatic carbocycles. The molecule has 1 aromatic heterocycles. The Labute approximate surface area is 187 Å². The highest BCUT2D eigenvalue weighted by atomic mass is 32.2. The highest BCUT2D eigenvalue weighted by Crippen LogP contribution is 2.19. The van der Waals surface area contributed by atoms with Crippen LogP contribution in [0, 0.1) is 0 Å². The first-order valence-corrected chi connectivity index (χ1v) is 11.8. The standard InChI is InChI=1S/C22H26N6O3S/c1-15(29)14-23-20-13-21(26-22(25-20)24-18-7-5-4-6-8-18)28-27-16(2)17-9-11-19(12-10-17)32(3,30)31/h4-13,15,29H,14H2,1-3H3,(H3,23,24,25,26,28). The first-order valence-electron chi connectivity index (χ1n) is 9.94. The van der Waals surface area contributed by atoms with Crippen molar-refractivity contribution in [2.24, 2.45) is 5.10 Å². The number of hydrazone groups is 1. The number of nitrogens with zero attached hydrogens (tertiary/aromatic N) is 3. The molecule has 0 radical (unpaired) electrons. The van der Waals surface area contributed by atoms with Crippen LogP contribution in [0.5, 0.6) is 0 Å². The van der Waals surface area contributed by atoms with Gasteiger partial charge in [0.25, 0.3) is 0 Å². The van der Waals surface area contributed by atoms with Crippen LogP contribution >= 0.6 is 0 Å². The van der Waals surface area contributed by atoms with Gasteiger partial charge in [0.05, 0.1) is 16.7 Å². The van der Waals surface area contributed by atoms with Gasteiger partial charge >= 0.3 is 0 Å². The summed E-state index contributed by atoms with van der Waals surface area (Å²) in [5, 5.41) is 20.1. The van der Waals surface area contributed by atoms with E-state index in [1.807, 2.05) is 30.3 Å². The van der Waals surface area contributed by atoms with Crippen LogP contribution in [0.25, 0.3) is 0 Å². The fraction of sp³-hybridized carbons (Fsp3) is 0.227. The maximum absolute atomic E-state index is 11.6. The van der Waals surface area contributed by atoms with Gasteiger partial charge in [-0.2, -0.15) is 15.1 Å². The molecule has 4 N–H and O–H groups in total. The molecule has 3 aromatic rings. The van der Waals surface area contributed by atoms with Crippen molar-refractivity contribution in [3.63, 3.8) is 0 Å². The molecule has 3 rings (SSSR count). The normalized spacial score (nSPS) is 12.8. The SMILES string of the molecule is CC(=NNc1cc(NCC(C)O)nc(Nc2ccccc2)n1)c1ccc(S(C)(=O)=O)cc1. The second-order valence-electron chi connectivity index (χ2n) is 7.29. The monoisotopic (exact) mass is 454 g/mol. The Morgan fingerprint density at radius 1 is 1.06 bits per heavy atom. The van der Waals surface area contributed by atoms with Crippen molar-refractivity contribution in [2.75, 3.05) is 28.9 Å². The zero-order valence-corrected chi connectivity index (χ0v) is 18.9. The molecule has 0 spiro atoms. The van der Waals surface area contributed by atoms with Gasteiger partial charge in [-0.1, -0.05) is 30.3 Å². The molecule has 0 bridgehead atoms. The molecule has 10 heteroatoms. The Hall–Kier alpha value is -3.50. The van der Waals surface area contributed by atoms with Crippen LogP contribution < -0.4 is 16.1 Å². The van der Waals surface area contributed by atoms with Gasteiger partial charge in [-0.25, -0.2) is 8.42 Å². The number of aromatic nitrogens is 2. The minimum Gasteiger partial charge on any atom is -0.392 e. The number of hydrogen-bond donors (Lipinski definition) is 4. The van der Waals surface area contributed by atoms with Crippen molar-refractivity contribution in [1.29, 1.82) is 0 Å². The van der Waals surface area contributed by atoms with Crippen molar-refractivity contribution in [1.82, 2.24) is 9.97 Å². The van der Waals surface area contributed by atoms with Crippen LogP contribution in [0.2, 0.25) is 0 Å². The number of benzene rings is 2. The maximum Gasteiger partial charge on any atom is 0.231 e. The summed E-state index contributed by atoms with van der Waals surface area (Å²) in [6, 6.07) is 17.7. The van der Waals surface area contributed by atoms with Gasteiger partial charge in [-0.3, -0.25) is 5.43 Å². The third-order valence-electron chi connectivity index (χ3n) is 4.37. The average Bonchev–Trinajstić information content (AvgIpc) is 2.76. The molecule has 0 amide bonds. The summed E-state index contributed by atoms with van der Waals surface area (Å²) < 4.78 is 23.3. The second kappa shape index (κ2) is 10.2. The zero-order chi connectivity index (χ0) is 23.1. The number of sulfone groups is 1. The Kier molecular flexibility index (Phi) is 7.39. The van der Waals surface area contributed by atoms with E-state index in [9.17, 15) is 13.5 Å². The highest BCUT2D eigenvalue weighted by molar-refractivity contribution is 7.90. The fourth-order valence-corrected chi connectivity index (χ4v) is 3.33. The van der Waals surface area contributed by atoms with Crippen molar-refractivity contribution >= 4 is 38.8 Å². The van der Waals surface area contributed by atoms with E-state index in [4.69, 9.17) is 0 Å². The summed E-state index contributed by atoms with van der Waals surface area (Å²) in [6.45, 7) is 3.81. The molecule has 2 aromatic carbocycles. The summed E-state index contributed by atoms with van der Waals surface area (Å²) in [5.74, 6) is 1.32. The first kappa shape index (κ1) is 23.2. The van der Waals surface area contributed by atoms with E-state index in [-0.39, 0.29) is 4.90 Å². The third-order valence-corrected chi connectivity index (χ3v) is 5.50. The van der Waals surface area contributed by atoms with Gasteiger partial charge < -0.3 is 15.7 Å². The van der Waals surface area contributed by atoms with Gasteiger partial charge in [0.15, 0.2) is 15.7 Å². The third kappa shape index (κ3) is 6.76. The lowest BCUT2D eigenvalue weighted by Gasteiger charge is -2.12. The van der Waals surface area contributed by atoms with Crippen molar-refractivity contribution < 1.29 is 13.5 Å². The van der Waals surface area contributed by atoms with E-state index in [1.54, 1.807) is 44.2 Å². The largest absolute Gasteiger partial charge is 0.392 e. The first-order chi connectivity index (χ1) is 15.2. The molecule has 1 heterocycles. The predicted molar refractivity (Wildman–Crippen MR) is 127 cm³/mol. The quantitative estimate of drug-likeness (QED) is 0.286. The van der Waals surface area contributed by atoms with Crippen molar-refractivity contribution in [3.8, 4) is 0 Å². The van der Waals surface area contributed by atoms with Gasteiger partial charge in [0.1, 0.15) is 5.82 Å². The molecule has 0 aliphatic heterocycles. The molecule has 0 saturated carbocycles. The number of aliphatic hydroxyl groups excluding tert-OH is 1. The van der Waals surface area contributed by atoms with Crippen LogP contribution in [-0.2, 0) is 9.84 Å². The lowest BCUT2D eigenvalue weighted by atomic mass is 10.1. The van der Waals surface area contributed by atoms with Crippen LogP contribution in [0.15, 0.2) is 70.7 Å². The number of anilines is 4. The molecule has 32 heavy (non-hydrogen) atoms. The lowest BCUT2D eigenvalue weighted by Crippen LogP contribution is -2.16. The van der Waals surface area contributed by atoms with Crippen molar-refractivity contribution in [2.45, 2.75) is 24.8 Å². The number of nitrogens with one attached hydrogen (secondary N) is 3. The molecule has 0 aliphatic rings. The number of rotatable bonds is 9. The van der Waals surface area contributed by atoms with E-state index in [2.05, 4.69) is 31.1 Å². The van der Waals surface area contributed by atoms with Gasteiger partial charge in [-0.05, 0) is 43.7 Å². The topological polar surface area (TPSA) is 129 Å². The Morgan fingerprint density at radius 2 is 1.72 bits per heavy atom. The molecule has 0 fully saturated rings. The summed E-state index contributed by atoms with van der Waals surface area (Å²) in [4.78, 5) is 9.13. The molecule has 1 atom stereocenters. The Bertz CT molecular complexity index is 1180. The second-order valence-corrected chi connectivity index (χ2v) is 9.30.